The Labute approximate surface area is 853 Å². The minimum atomic E-state index is -2.09. The highest BCUT2D eigenvalue weighted by atomic mass is 33.1. The molecule has 0 spiro atoms. The monoisotopic (exact) mass is 2100 g/mol. The predicted molar refractivity (Wildman–Crippen MR) is 535 cm³/mol. The fourth-order valence-electron chi connectivity index (χ4n) is 15.7. The normalized spacial score (nSPS) is 16.0. The second kappa shape index (κ2) is 55.7. The molecular formula is C94H118N20O30S3. The van der Waals surface area contributed by atoms with Gasteiger partial charge in [0.05, 0.1) is 146 Å². The molecule has 3 aromatic carbocycles. The Hall–Kier alpha value is -15.3. The van der Waals surface area contributed by atoms with Crippen molar-refractivity contribution in [2.24, 2.45) is 33.6 Å². The number of ketones is 3. The number of nitrogens with one attached hydrogen (secondary N) is 10. The lowest BCUT2D eigenvalue weighted by Crippen LogP contribution is -2.48. The molecular weight excluding hydrogens is 1990 g/mol. The van der Waals surface area contributed by atoms with Crippen LogP contribution >= 0.6 is 33.3 Å². The van der Waals surface area contributed by atoms with E-state index in [1.54, 1.807) is 23.2 Å². The Kier molecular flexibility index (Phi) is 43.7. The third-order valence-corrected chi connectivity index (χ3v) is 27.8. The zero-order chi connectivity index (χ0) is 107. The summed E-state index contributed by atoms with van der Waals surface area (Å²) in [5.74, 6) is -23.3. The first kappa shape index (κ1) is 115. The molecule has 4 aliphatic heterocycles. The van der Waals surface area contributed by atoms with Crippen LogP contribution in [0.15, 0.2) is 94.0 Å². The maximum Gasteiger partial charge on any atom is 0.411 e. The van der Waals surface area contributed by atoms with Gasteiger partial charge < -0.3 is 113 Å². The Morgan fingerprint density at radius 2 is 1.31 bits per heavy atom. The number of carboxylic acids is 5. The SMILES string of the molecule is C=C1CC(/C=N/OC)N(C(=O)c2cc(OC)c(OCCCCCOc3cc4c(cc3OC)C(=O)N3CC(=C)C[C@H]3C=N4)cc2NC(=O)OCC(C)(C)SSCCC(=O)NCCNC(=O)CCN2C(=O)CC(SC[C@H](CC(=O)[C@H](CC(=O)O)NC(=O)[C@H](CC(=O)O)CC(=O)[C@H](CCCNC(=N)N)NC(=O)[C@H](CC(=O)O)CC(=O)CC[C@H](NC(=O)c3ccc(NCc4cnc5nc(N)[nH]c(=O)c5n4)cc3)C(=O)O)C(=O)O)C2=O)C1. The Morgan fingerprint density at radius 3 is 1.96 bits per heavy atom. The topological polar surface area (TPSA) is 742 Å². The van der Waals surface area contributed by atoms with E-state index in [0.29, 0.717) is 96.9 Å². The van der Waals surface area contributed by atoms with Crippen LogP contribution in [0.4, 0.5) is 27.8 Å². The van der Waals surface area contributed by atoms with Gasteiger partial charge in [-0.25, -0.2) is 19.6 Å². The molecule has 53 heteroatoms. The second-order valence-corrected chi connectivity index (χ2v) is 39.5. The van der Waals surface area contributed by atoms with Gasteiger partial charge in [0.1, 0.15) is 25.5 Å². The highest BCUT2D eigenvalue weighted by molar-refractivity contribution is 8.77. The molecule has 0 radical (unpaired) electrons. The summed E-state index contributed by atoms with van der Waals surface area (Å²) in [6.07, 6.45) is -2.38. The molecule has 0 bridgehead atoms. The molecule has 2 unspecified atom stereocenters. The average Bonchev–Trinajstić information content (AvgIpc) is 1.60. The van der Waals surface area contributed by atoms with Crippen molar-refractivity contribution >= 4 is 192 Å². The fourth-order valence-corrected chi connectivity index (χ4v) is 19.3. The molecule has 50 nitrogen and oxygen atoms in total. The molecule has 6 heterocycles. The van der Waals surface area contributed by atoms with Crippen LogP contribution < -0.4 is 78.5 Å². The molecule has 0 saturated carbocycles. The highest BCUT2D eigenvalue weighted by Crippen LogP contribution is 2.42. The third kappa shape index (κ3) is 35.6. The standard InChI is InChI=1S/C94H118N20O30S3/c1-49-28-57-43-102-64-37-71(69(139-5)35-60(64)86(131)113(57)45-49)142-25-9-8-10-26-143-72-38-65(61(36-70(72)140-6)87(132)114-46-50(2)29-58(114)44-104-141-7)109-93(138)144-48-94(3,4)147-146-27-20-75(119)99-23-22-98-74(118)19-24-112-76(120)40-73(88(112)133)145-47-54(89(134)135)32-68(117)66(39-79(125)126)108-84(129)53(34-78(123)124)31-67(116)62(12-11-21-100-91(95)96)106-83(128)52(33-77(121)122)30-59(115)17-18-63(90(136)137)107-82(127)51-13-15-55(16-14-51)101-41-56-42-103-81-80(105-56)85(130)111-92(97)110-81/h13-16,35-38,42-44,52-54,57-58,62-63,66,73,101H,1-2,8-12,17-34,39-41,45-48H2,3-7H3,(H,98,118)(H,99,119)(H,106,128)(H,107,127)(H,108,129)(H,109,138)(H,121,122)(H,123,124)(H,125,126)(H,134,135)(H,136,137)(H4,95,96,100)(H3,97,103,110,111,130)/b104-44+/t52-,53-,54-,57-,58?,62-,63-,66-,73?/m0/s1. The number of unbranched alkanes of at least 4 members (excludes halogenated alkanes) is 2. The number of nitrogens with two attached hydrogens (primary N) is 2. The summed E-state index contributed by atoms with van der Waals surface area (Å²) in [5.41, 5.74) is 13.8. The number of aliphatic carboxylic acids is 5. The number of carbonyl (C=O) groups is 18. The quantitative estimate of drug-likeness (QED) is 0.00494. The number of ether oxygens (including phenoxy) is 5. The number of guanidine groups is 1. The van der Waals surface area contributed by atoms with E-state index >= 15 is 0 Å². The fraction of sp³-hybridized carbons (Fsp3) is 0.479. The lowest BCUT2D eigenvalue weighted by molar-refractivity contribution is -0.145. The van der Waals surface area contributed by atoms with Crippen LogP contribution in [0.3, 0.4) is 0 Å². The van der Waals surface area contributed by atoms with E-state index in [1.165, 1.54) is 96.6 Å². The number of carboxylic acid groups (broad SMARTS) is 5. The number of methoxy groups -OCH3 is 2. The number of hydrogen-bond donors (Lipinski definition) is 17. The number of Topliss-reactive ketones (excluding diaryl/α,β-unsaturated/α-hetero) is 3. The number of thioether (sulfide) groups is 1. The highest BCUT2D eigenvalue weighted by Gasteiger charge is 2.43. The first-order valence-corrected chi connectivity index (χ1v) is 49.8. The van der Waals surface area contributed by atoms with Crippen LogP contribution in [0.2, 0.25) is 0 Å². The van der Waals surface area contributed by atoms with Gasteiger partial charge in [0, 0.05) is 125 Å². The summed E-state index contributed by atoms with van der Waals surface area (Å²) < 4.78 is 28.7. The van der Waals surface area contributed by atoms with Crippen LogP contribution in [0.25, 0.3) is 11.2 Å². The number of rotatable bonds is 62. The average molecular weight is 2100 g/mol. The van der Waals surface area contributed by atoms with E-state index in [2.05, 4.69) is 85.8 Å². The molecule has 3 fully saturated rings. The van der Waals surface area contributed by atoms with Crippen molar-refractivity contribution in [2.45, 2.75) is 176 Å². The molecule has 0 aliphatic carbocycles. The molecule has 2 aromatic heterocycles. The maximum absolute atomic E-state index is 14.5. The first-order valence-electron chi connectivity index (χ1n) is 46.4. The molecule has 4 aliphatic rings. The minimum Gasteiger partial charge on any atom is -0.493 e. The molecule has 5 aromatic rings. The zero-order valence-corrected chi connectivity index (χ0v) is 83.5. The van der Waals surface area contributed by atoms with Gasteiger partial charge in [-0.1, -0.05) is 51.0 Å². The van der Waals surface area contributed by atoms with Gasteiger partial charge in [-0.2, -0.15) is 4.98 Å². The molecule has 19 N–H and O–H groups in total. The minimum absolute atomic E-state index is 0.0182. The van der Waals surface area contributed by atoms with Gasteiger partial charge in [0.2, 0.25) is 41.4 Å². The van der Waals surface area contributed by atoms with Gasteiger partial charge in [0.15, 0.2) is 51.7 Å². The summed E-state index contributed by atoms with van der Waals surface area (Å²) >= 11 is 0.654. The first-order chi connectivity index (χ1) is 69.9. The van der Waals surface area contributed by atoms with E-state index in [0.717, 1.165) is 16.0 Å². The largest absolute Gasteiger partial charge is 0.493 e. The van der Waals surface area contributed by atoms with Crippen molar-refractivity contribution in [3.8, 4) is 23.0 Å². The van der Waals surface area contributed by atoms with E-state index in [4.69, 9.17) is 45.4 Å². The number of likely N-dealkylation sites (tertiary alicyclic amines) is 2. The number of aromatic nitrogens is 4. The number of anilines is 3. The lowest BCUT2D eigenvalue weighted by atomic mass is 9.90. The number of benzene rings is 3. The number of amides is 10. The maximum atomic E-state index is 14.5. The summed E-state index contributed by atoms with van der Waals surface area (Å²) in [4.78, 5) is 280. The predicted octanol–water partition coefficient (Wildman–Crippen LogP) is 4.16. The molecule has 147 heavy (non-hydrogen) atoms. The van der Waals surface area contributed by atoms with Crippen LogP contribution in [-0.2, 0) is 83.2 Å². The van der Waals surface area contributed by atoms with Crippen molar-refractivity contribution in [1.82, 2.24) is 66.5 Å². The summed E-state index contributed by atoms with van der Waals surface area (Å²) in [7, 11) is 6.94. The number of imide groups is 1. The number of carbonyl (C=O) groups excluding carboxylic acids is 13. The number of H-pyrrole nitrogens is 1. The molecule has 792 valence electrons. The number of fused-ring (bicyclic) bond motifs is 3. The second-order valence-electron chi connectivity index (χ2n) is 35.2. The van der Waals surface area contributed by atoms with Crippen molar-refractivity contribution in [1.29, 1.82) is 5.41 Å². The van der Waals surface area contributed by atoms with Crippen molar-refractivity contribution in [3.05, 3.63) is 112 Å². The Bertz CT molecular complexity index is 5920. The van der Waals surface area contributed by atoms with E-state index in [1.807, 2.05) is 13.8 Å². The van der Waals surface area contributed by atoms with Crippen molar-refractivity contribution in [2.75, 3.05) is 108 Å². The Balaban J connectivity index is 0.687. The molecule has 3 saturated heterocycles. The van der Waals surface area contributed by atoms with E-state index in [9.17, 15) is 117 Å². The zero-order valence-electron chi connectivity index (χ0n) is 81.1. The van der Waals surface area contributed by atoms with Gasteiger partial charge in [0.25, 0.3) is 23.3 Å². The Morgan fingerprint density at radius 1 is 0.680 bits per heavy atom. The van der Waals surface area contributed by atoms with Crippen LogP contribution in [0.1, 0.15) is 166 Å². The van der Waals surface area contributed by atoms with E-state index < -0.39 is 228 Å². The molecule has 10 amide bonds. The summed E-state index contributed by atoms with van der Waals surface area (Å²) in [5, 5.41) is 80.4. The summed E-state index contributed by atoms with van der Waals surface area (Å²) in [6, 6.07) is 5.70. The lowest BCUT2D eigenvalue weighted by Gasteiger charge is -2.25. The van der Waals surface area contributed by atoms with Crippen LogP contribution in [0.5, 0.6) is 23.0 Å². The van der Waals surface area contributed by atoms with Gasteiger partial charge in [-0.05, 0) is 102 Å². The van der Waals surface area contributed by atoms with E-state index in [-0.39, 0.29) is 135 Å². The number of nitrogens with zero attached hydrogens (tertiary/aromatic N) is 8. The molecule has 9 atom stereocenters. The number of aromatic amines is 1. The smallest absolute Gasteiger partial charge is 0.411 e. The summed E-state index contributed by atoms with van der Waals surface area (Å²) in [6.45, 7) is 12.2. The van der Waals surface area contributed by atoms with Gasteiger partial charge in [-0.15, -0.1) is 11.8 Å². The van der Waals surface area contributed by atoms with Crippen LogP contribution in [-0.4, -0.2) is 317 Å². The van der Waals surface area contributed by atoms with Gasteiger partial charge >= 0.3 is 35.9 Å². The number of nitrogen functional groups attached to an aromatic ring is 1. The number of oxime groups is 1. The van der Waals surface area contributed by atoms with Crippen molar-refractivity contribution in [3.63, 3.8) is 0 Å². The van der Waals surface area contributed by atoms with Crippen molar-refractivity contribution < 1.29 is 140 Å². The van der Waals surface area contributed by atoms with Crippen LogP contribution in [0, 0.1) is 23.2 Å². The number of aliphatic imine (C=N–C) groups is 1. The third-order valence-electron chi connectivity index (χ3n) is 23.2. The number of hydrogen-bond acceptors (Lipinski definition) is 36. The molecule has 9 rings (SSSR count). The van der Waals surface area contributed by atoms with Gasteiger partial charge in [-0.3, -0.25) is 107 Å².